The lowest BCUT2D eigenvalue weighted by atomic mass is 10.3. The number of Topliss-reactive ketones (excluding diaryl/α,β-unsaturated/α-hetero) is 1. The van der Waals surface area contributed by atoms with Crippen molar-refractivity contribution in [2.75, 3.05) is 13.2 Å². The van der Waals surface area contributed by atoms with Crippen LogP contribution in [0, 0.1) is 0 Å². The molecule has 0 fully saturated rings. The predicted octanol–water partition coefficient (Wildman–Crippen LogP) is -1.72. The summed E-state index contributed by atoms with van der Waals surface area (Å²) in [4.78, 5) is 31.9. The van der Waals surface area contributed by atoms with Gasteiger partial charge < -0.3 is 5.11 Å². The molecule has 0 saturated carbocycles. The third-order valence-electron chi connectivity index (χ3n) is 1.18. The third kappa shape index (κ3) is 1.35. The van der Waals surface area contributed by atoms with E-state index < -0.39 is 17.6 Å². The van der Waals surface area contributed by atoms with Gasteiger partial charge in [-0.1, -0.05) is 10.3 Å². The number of carbonyl (C=O) groups is 3. The summed E-state index contributed by atoms with van der Waals surface area (Å²) in [5.74, 6) is -3.45. The van der Waals surface area contributed by atoms with Crippen molar-refractivity contribution in [1.29, 1.82) is 0 Å². The molecular weight excluding hydrogens is 166 g/mol. The van der Waals surface area contributed by atoms with E-state index >= 15 is 0 Å². The number of aliphatic hydroxyl groups excluding tert-OH is 1. The number of hydrogen-bond donors (Lipinski definition) is 1. The maximum Gasteiger partial charge on any atom is 0.343 e. The molecule has 0 aromatic rings. The van der Waals surface area contributed by atoms with Crippen LogP contribution in [0.3, 0.4) is 0 Å². The van der Waals surface area contributed by atoms with Crippen molar-refractivity contribution >= 4 is 17.6 Å². The number of aliphatic hydroxyl groups is 1. The smallest absolute Gasteiger partial charge is 0.343 e. The molecule has 0 radical (unpaired) electrons. The van der Waals surface area contributed by atoms with E-state index in [9.17, 15) is 14.4 Å². The molecule has 64 valence electrons. The van der Waals surface area contributed by atoms with Crippen molar-refractivity contribution in [1.82, 2.24) is 5.01 Å². The van der Waals surface area contributed by atoms with Gasteiger partial charge in [0.25, 0.3) is 0 Å². The second-order valence-corrected chi connectivity index (χ2v) is 1.98. The number of carbonyl (C=O) groups excluding carboxylic acids is 3. The molecule has 1 rings (SSSR count). The Hall–Kier alpha value is -1.63. The van der Waals surface area contributed by atoms with E-state index in [4.69, 9.17) is 5.11 Å². The van der Waals surface area contributed by atoms with Crippen LogP contribution >= 0.6 is 0 Å². The van der Waals surface area contributed by atoms with Crippen molar-refractivity contribution in [3.8, 4) is 0 Å². The maximum atomic E-state index is 10.8. The summed E-state index contributed by atoms with van der Waals surface area (Å²) in [5.41, 5.74) is 0. The number of β-amino-alcohol motifs (C(OH)–C–C–N with tert-alkyl or cyclic N) is 1. The van der Waals surface area contributed by atoms with Crippen molar-refractivity contribution < 1.29 is 19.5 Å². The Bertz CT molecular complexity index is 272. The number of rotatable bonds is 2. The fraction of sp³-hybridized carbons (Fsp3) is 0.400. The SMILES string of the molecule is O=C1N=NN(CCO)C(=O)C1=O. The van der Waals surface area contributed by atoms with Crippen LogP contribution in [0.1, 0.15) is 0 Å². The predicted molar refractivity (Wildman–Crippen MR) is 33.7 cm³/mol. The van der Waals surface area contributed by atoms with Crippen LogP contribution in [0.15, 0.2) is 10.3 Å². The molecule has 1 N–H and O–H groups in total. The lowest BCUT2D eigenvalue weighted by molar-refractivity contribution is -0.152. The van der Waals surface area contributed by atoms with Crippen LogP contribution < -0.4 is 0 Å². The van der Waals surface area contributed by atoms with Crippen LogP contribution in [0.2, 0.25) is 0 Å². The van der Waals surface area contributed by atoms with Crippen molar-refractivity contribution in [3.05, 3.63) is 0 Å². The highest BCUT2D eigenvalue weighted by Crippen LogP contribution is 2.01. The molecule has 12 heavy (non-hydrogen) atoms. The highest BCUT2D eigenvalue weighted by molar-refractivity contribution is 6.63. The lowest BCUT2D eigenvalue weighted by Gasteiger charge is -2.14. The van der Waals surface area contributed by atoms with E-state index in [0.29, 0.717) is 5.01 Å². The zero-order valence-electron chi connectivity index (χ0n) is 5.93. The van der Waals surface area contributed by atoms with Gasteiger partial charge >= 0.3 is 17.6 Å². The summed E-state index contributed by atoms with van der Waals surface area (Å²) in [5, 5.41) is 15.0. The van der Waals surface area contributed by atoms with Gasteiger partial charge in [-0.3, -0.25) is 14.4 Å². The number of hydrogen-bond acceptors (Lipinski definition) is 5. The van der Waals surface area contributed by atoms with Crippen LogP contribution in [0.4, 0.5) is 0 Å². The van der Waals surface area contributed by atoms with Gasteiger partial charge in [0, 0.05) is 0 Å². The summed E-state index contributed by atoms with van der Waals surface area (Å²) >= 11 is 0. The van der Waals surface area contributed by atoms with Crippen molar-refractivity contribution in [2.24, 2.45) is 10.3 Å². The summed E-state index contributed by atoms with van der Waals surface area (Å²) in [6.07, 6.45) is 0. The van der Waals surface area contributed by atoms with E-state index in [1.54, 1.807) is 0 Å². The van der Waals surface area contributed by atoms with Gasteiger partial charge in [-0.15, -0.1) is 0 Å². The van der Waals surface area contributed by atoms with E-state index in [-0.39, 0.29) is 13.2 Å². The summed E-state index contributed by atoms with van der Waals surface area (Å²) in [6.45, 7) is -0.479. The Labute approximate surface area is 66.6 Å². The first-order valence-corrected chi connectivity index (χ1v) is 3.09. The van der Waals surface area contributed by atoms with Crippen molar-refractivity contribution in [2.45, 2.75) is 0 Å². The Morgan fingerprint density at radius 1 is 1.33 bits per heavy atom. The third-order valence-corrected chi connectivity index (χ3v) is 1.18. The number of nitrogens with zero attached hydrogens (tertiary/aromatic N) is 3. The fourth-order valence-electron chi connectivity index (χ4n) is 0.630. The molecule has 0 bridgehead atoms. The van der Waals surface area contributed by atoms with E-state index in [1.807, 2.05) is 0 Å². The Balaban J connectivity index is 2.81. The van der Waals surface area contributed by atoms with Gasteiger partial charge in [-0.2, -0.15) is 0 Å². The molecule has 0 unspecified atom stereocenters. The van der Waals surface area contributed by atoms with E-state index in [1.165, 1.54) is 0 Å². The first kappa shape index (κ1) is 8.47. The molecule has 1 heterocycles. The molecule has 1 aliphatic heterocycles. The molecule has 0 aromatic heterocycles. The minimum atomic E-state index is -1.22. The fourth-order valence-corrected chi connectivity index (χ4v) is 0.630. The largest absolute Gasteiger partial charge is 0.394 e. The molecule has 7 heteroatoms. The van der Waals surface area contributed by atoms with Crippen molar-refractivity contribution in [3.63, 3.8) is 0 Å². The van der Waals surface area contributed by atoms with E-state index in [0.717, 1.165) is 0 Å². The average Bonchev–Trinajstić information content (AvgIpc) is 2.07. The first-order chi connectivity index (χ1) is 5.66. The van der Waals surface area contributed by atoms with Crippen LogP contribution in [0.5, 0.6) is 0 Å². The van der Waals surface area contributed by atoms with E-state index in [2.05, 4.69) is 10.3 Å². The molecule has 0 aliphatic carbocycles. The first-order valence-electron chi connectivity index (χ1n) is 3.09. The molecule has 1 aliphatic rings. The second-order valence-electron chi connectivity index (χ2n) is 1.98. The summed E-state index contributed by atoms with van der Waals surface area (Å²) in [6, 6.07) is 0. The monoisotopic (exact) mass is 171 g/mol. The minimum absolute atomic E-state index is 0.138. The van der Waals surface area contributed by atoms with Crippen LogP contribution in [0.25, 0.3) is 0 Å². The van der Waals surface area contributed by atoms with Gasteiger partial charge in [0.2, 0.25) is 0 Å². The average molecular weight is 171 g/mol. The normalized spacial score (nSPS) is 17.4. The van der Waals surface area contributed by atoms with Gasteiger partial charge in [0.1, 0.15) is 0 Å². The molecule has 7 nitrogen and oxygen atoms in total. The second kappa shape index (κ2) is 3.18. The Kier molecular flexibility index (Phi) is 2.24. The van der Waals surface area contributed by atoms with Gasteiger partial charge in [0.15, 0.2) is 0 Å². The Morgan fingerprint density at radius 3 is 2.58 bits per heavy atom. The highest BCUT2D eigenvalue weighted by Gasteiger charge is 2.32. The van der Waals surface area contributed by atoms with Crippen LogP contribution in [-0.2, 0) is 14.4 Å². The quantitative estimate of drug-likeness (QED) is 0.499. The molecule has 0 aromatic carbocycles. The molecular formula is C5H5N3O4. The number of ketones is 1. The number of amides is 2. The summed E-state index contributed by atoms with van der Waals surface area (Å²) < 4.78 is 0. The van der Waals surface area contributed by atoms with Crippen LogP contribution in [-0.4, -0.2) is 40.9 Å². The molecule has 0 atom stereocenters. The molecule has 2 amide bonds. The Morgan fingerprint density at radius 2 is 2.00 bits per heavy atom. The van der Waals surface area contributed by atoms with Gasteiger partial charge in [0.05, 0.1) is 13.2 Å². The molecule has 0 spiro atoms. The topological polar surface area (TPSA) is 99.4 Å². The minimum Gasteiger partial charge on any atom is -0.394 e. The molecule has 0 saturated heterocycles. The van der Waals surface area contributed by atoms with Gasteiger partial charge in [-0.25, -0.2) is 5.01 Å². The maximum absolute atomic E-state index is 10.8. The zero-order valence-corrected chi connectivity index (χ0v) is 5.93. The standard InChI is InChI=1S/C5H5N3O4/c9-2-1-8-5(12)3(10)4(11)6-7-8/h9H,1-2H2. The highest BCUT2D eigenvalue weighted by atomic mass is 16.3. The zero-order chi connectivity index (χ0) is 9.14. The lowest BCUT2D eigenvalue weighted by Crippen LogP contribution is -2.40. The van der Waals surface area contributed by atoms with Gasteiger partial charge in [-0.05, 0) is 0 Å². The summed E-state index contributed by atoms with van der Waals surface area (Å²) in [7, 11) is 0.